The van der Waals surface area contributed by atoms with E-state index < -0.39 is 10.0 Å². The molecular weight excluding hydrogens is 286 g/mol. The number of anilines is 1. The zero-order valence-corrected chi connectivity index (χ0v) is 13.8. The van der Waals surface area contributed by atoms with E-state index >= 15 is 0 Å². The Morgan fingerprint density at radius 2 is 2.00 bits per heavy atom. The number of benzene rings is 1. The van der Waals surface area contributed by atoms with Gasteiger partial charge < -0.3 is 5.32 Å². The van der Waals surface area contributed by atoms with Crippen molar-refractivity contribution in [1.82, 2.24) is 9.62 Å². The van der Waals surface area contributed by atoms with Crippen molar-refractivity contribution in [3.8, 4) is 0 Å². The number of hydrogen-bond donors (Lipinski definition) is 2. The minimum atomic E-state index is -3.44. The average molecular weight is 311 g/mol. The number of para-hydroxylation sites is 1. The highest BCUT2D eigenvalue weighted by atomic mass is 32.2. The first-order valence-corrected chi connectivity index (χ1v) is 8.98. The van der Waals surface area contributed by atoms with E-state index in [1.165, 1.54) is 12.8 Å². The van der Waals surface area contributed by atoms with E-state index in [0.717, 1.165) is 6.54 Å². The summed E-state index contributed by atoms with van der Waals surface area (Å²) in [5.74, 6) is 0. The van der Waals surface area contributed by atoms with Gasteiger partial charge in [-0.05, 0) is 38.9 Å². The van der Waals surface area contributed by atoms with Crippen LogP contribution in [0.15, 0.2) is 29.2 Å². The Morgan fingerprint density at radius 3 is 2.62 bits per heavy atom. The highest BCUT2D eigenvalue weighted by Gasteiger charge is 2.29. The second-order valence-electron chi connectivity index (χ2n) is 5.62. The first-order chi connectivity index (χ1) is 9.95. The summed E-state index contributed by atoms with van der Waals surface area (Å²) in [5.41, 5.74) is 0.662. The van der Waals surface area contributed by atoms with Gasteiger partial charge in [-0.1, -0.05) is 19.1 Å². The van der Waals surface area contributed by atoms with Crippen LogP contribution in [0.3, 0.4) is 0 Å². The third-order valence-corrected chi connectivity index (χ3v) is 5.52. The lowest BCUT2D eigenvalue weighted by molar-refractivity contribution is 0.257. The minimum Gasteiger partial charge on any atom is -0.382 e. The molecule has 1 aliphatic rings. The van der Waals surface area contributed by atoms with Crippen LogP contribution in [0, 0.1) is 0 Å². The molecule has 1 aliphatic carbocycles. The van der Waals surface area contributed by atoms with Gasteiger partial charge in [-0.15, -0.1) is 0 Å². The van der Waals surface area contributed by atoms with Gasteiger partial charge in [-0.3, -0.25) is 4.90 Å². The van der Waals surface area contributed by atoms with Crippen LogP contribution in [0.5, 0.6) is 0 Å². The summed E-state index contributed by atoms with van der Waals surface area (Å²) in [4.78, 5) is 2.67. The van der Waals surface area contributed by atoms with E-state index in [9.17, 15) is 8.42 Å². The summed E-state index contributed by atoms with van der Waals surface area (Å²) in [6.45, 7) is 5.05. The highest BCUT2D eigenvalue weighted by Crippen LogP contribution is 2.27. The molecule has 1 aromatic rings. The number of rotatable bonds is 8. The SMILES string of the molecule is CCNS(=O)(=O)c1ccccc1NCC(C)N(C)C1CC1. The first kappa shape index (κ1) is 16.3. The van der Waals surface area contributed by atoms with Crippen LogP contribution in [-0.2, 0) is 10.0 Å². The number of likely N-dealkylation sites (N-methyl/N-ethyl adjacent to an activating group) is 1. The van der Waals surface area contributed by atoms with E-state index in [1.807, 2.05) is 12.1 Å². The minimum absolute atomic E-state index is 0.313. The predicted octanol–water partition coefficient (Wildman–Crippen LogP) is 1.88. The average Bonchev–Trinajstić information content (AvgIpc) is 3.28. The molecule has 0 spiro atoms. The van der Waals surface area contributed by atoms with Gasteiger partial charge >= 0.3 is 0 Å². The van der Waals surface area contributed by atoms with Crippen molar-refractivity contribution in [3.05, 3.63) is 24.3 Å². The Morgan fingerprint density at radius 1 is 1.33 bits per heavy atom. The van der Waals surface area contributed by atoms with Gasteiger partial charge in [0.05, 0.1) is 5.69 Å². The number of sulfonamides is 1. The molecule has 5 nitrogen and oxygen atoms in total. The number of nitrogens with one attached hydrogen (secondary N) is 2. The molecule has 1 aromatic carbocycles. The Hall–Kier alpha value is -1.11. The molecule has 2 rings (SSSR count). The maximum atomic E-state index is 12.2. The Kier molecular flexibility index (Phi) is 5.24. The van der Waals surface area contributed by atoms with Crippen LogP contribution < -0.4 is 10.0 Å². The Balaban J connectivity index is 2.06. The first-order valence-electron chi connectivity index (χ1n) is 7.50. The highest BCUT2D eigenvalue weighted by molar-refractivity contribution is 7.89. The van der Waals surface area contributed by atoms with Crippen LogP contribution in [0.25, 0.3) is 0 Å². The van der Waals surface area contributed by atoms with Crippen molar-refractivity contribution >= 4 is 15.7 Å². The molecule has 0 radical (unpaired) electrons. The lowest BCUT2D eigenvalue weighted by Gasteiger charge is -2.25. The molecule has 21 heavy (non-hydrogen) atoms. The van der Waals surface area contributed by atoms with Crippen molar-refractivity contribution in [2.45, 2.75) is 43.7 Å². The third-order valence-electron chi connectivity index (χ3n) is 3.92. The summed E-state index contributed by atoms with van der Waals surface area (Å²) >= 11 is 0. The summed E-state index contributed by atoms with van der Waals surface area (Å²) in [6, 6.07) is 8.11. The van der Waals surface area contributed by atoms with Crippen LogP contribution in [-0.4, -0.2) is 45.5 Å². The Bertz CT molecular complexity index is 570. The topological polar surface area (TPSA) is 61.4 Å². The predicted molar refractivity (Wildman–Crippen MR) is 86.0 cm³/mol. The van der Waals surface area contributed by atoms with Gasteiger partial charge in [-0.2, -0.15) is 0 Å². The van der Waals surface area contributed by atoms with Gasteiger partial charge in [0.2, 0.25) is 10.0 Å². The molecule has 1 atom stereocenters. The van der Waals surface area contributed by atoms with E-state index in [0.29, 0.717) is 29.2 Å². The maximum absolute atomic E-state index is 12.2. The monoisotopic (exact) mass is 311 g/mol. The molecule has 118 valence electrons. The second kappa shape index (κ2) is 6.77. The molecule has 0 heterocycles. The molecule has 2 N–H and O–H groups in total. The quantitative estimate of drug-likeness (QED) is 0.769. The van der Waals surface area contributed by atoms with Crippen molar-refractivity contribution in [3.63, 3.8) is 0 Å². The lowest BCUT2D eigenvalue weighted by Crippen LogP contribution is -2.36. The smallest absolute Gasteiger partial charge is 0.242 e. The van der Waals surface area contributed by atoms with Crippen LogP contribution >= 0.6 is 0 Å². The van der Waals surface area contributed by atoms with Crippen LogP contribution in [0.2, 0.25) is 0 Å². The van der Waals surface area contributed by atoms with E-state index in [1.54, 1.807) is 19.1 Å². The fraction of sp³-hybridized carbons (Fsp3) is 0.600. The Labute approximate surface area is 127 Å². The normalized spacial score (nSPS) is 17.0. The maximum Gasteiger partial charge on any atom is 0.242 e. The summed E-state index contributed by atoms with van der Waals surface area (Å²) in [6.07, 6.45) is 2.54. The van der Waals surface area contributed by atoms with Gasteiger partial charge in [0.1, 0.15) is 4.90 Å². The second-order valence-corrected chi connectivity index (χ2v) is 7.36. The van der Waals surface area contributed by atoms with E-state index in [2.05, 4.69) is 28.9 Å². The molecule has 1 saturated carbocycles. The molecule has 1 unspecified atom stereocenters. The largest absolute Gasteiger partial charge is 0.382 e. The van der Waals surface area contributed by atoms with Gasteiger partial charge in [0.15, 0.2) is 0 Å². The van der Waals surface area contributed by atoms with Gasteiger partial charge in [-0.25, -0.2) is 13.1 Å². The number of hydrogen-bond acceptors (Lipinski definition) is 4. The van der Waals surface area contributed by atoms with E-state index in [-0.39, 0.29) is 0 Å². The zero-order valence-electron chi connectivity index (χ0n) is 13.0. The fourth-order valence-electron chi connectivity index (χ4n) is 2.36. The van der Waals surface area contributed by atoms with Crippen molar-refractivity contribution in [2.75, 3.05) is 25.5 Å². The fourth-order valence-corrected chi connectivity index (χ4v) is 3.58. The molecule has 1 fully saturated rings. The molecule has 0 saturated heterocycles. The standard InChI is InChI=1S/C15H25N3O2S/c1-4-17-21(19,20)15-8-6-5-7-14(15)16-11-12(2)18(3)13-9-10-13/h5-8,12-13,16-17H,4,9-11H2,1-3H3. The zero-order chi connectivity index (χ0) is 15.5. The summed E-state index contributed by atoms with van der Waals surface area (Å²) in [5, 5.41) is 3.28. The van der Waals surface area contributed by atoms with Crippen molar-refractivity contribution < 1.29 is 8.42 Å². The van der Waals surface area contributed by atoms with Gasteiger partial charge in [0.25, 0.3) is 0 Å². The summed E-state index contributed by atoms with van der Waals surface area (Å²) in [7, 11) is -1.31. The van der Waals surface area contributed by atoms with Crippen LogP contribution in [0.1, 0.15) is 26.7 Å². The lowest BCUT2D eigenvalue weighted by atomic mass is 10.2. The van der Waals surface area contributed by atoms with Crippen LogP contribution in [0.4, 0.5) is 5.69 Å². The third kappa shape index (κ3) is 4.18. The van der Waals surface area contributed by atoms with E-state index in [4.69, 9.17) is 0 Å². The molecule has 0 aromatic heterocycles. The number of nitrogens with zero attached hydrogens (tertiary/aromatic N) is 1. The molecule has 0 amide bonds. The molecular formula is C15H25N3O2S. The molecule has 0 aliphatic heterocycles. The van der Waals surface area contributed by atoms with Crippen molar-refractivity contribution in [2.24, 2.45) is 0 Å². The van der Waals surface area contributed by atoms with Gasteiger partial charge in [0, 0.05) is 25.2 Å². The van der Waals surface area contributed by atoms with Crippen molar-refractivity contribution in [1.29, 1.82) is 0 Å². The summed E-state index contributed by atoms with van der Waals surface area (Å²) < 4.78 is 26.9. The molecule has 6 heteroatoms. The molecule has 0 bridgehead atoms.